The van der Waals surface area contributed by atoms with Gasteiger partial charge in [-0.3, -0.25) is 63.1 Å². The number of hydrogen-bond acceptors (Lipinski definition) is 14. The third-order valence-electron chi connectivity index (χ3n) is 9.38. The molecule has 0 aliphatic carbocycles. The van der Waals surface area contributed by atoms with Crippen LogP contribution in [0, 0.1) is 17.8 Å². The van der Waals surface area contributed by atoms with Crippen molar-refractivity contribution in [1.82, 2.24) is 41.4 Å². The van der Waals surface area contributed by atoms with Crippen molar-refractivity contribution in [2.45, 2.75) is 45.6 Å². The number of amides is 5. The molecule has 1 aromatic rings. The summed E-state index contributed by atoms with van der Waals surface area (Å²) in [5, 5.41) is 56.5. The second-order valence-electron chi connectivity index (χ2n) is 14.9. The van der Waals surface area contributed by atoms with Gasteiger partial charge in [-0.25, -0.2) is 5.48 Å². The molecule has 2 aliphatic rings. The number of nitrogens with one attached hydrogen (secondary N) is 5. The van der Waals surface area contributed by atoms with Crippen LogP contribution in [0.5, 0.6) is 5.75 Å². The highest BCUT2D eigenvalue weighted by atomic mass is 16.5. The molecule has 0 saturated carbocycles. The number of aliphatic carboxylic acids is 4. The third-order valence-corrected chi connectivity index (χ3v) is 9.38. The van der Waals surface area contributed by atoms with Gasteiger partial charge in [0.05, 0.1) is 51.8 Å². The first-order valence-electron chi connectivity index (χ1n) is 19.7. The Bertz CT molecular complexity index is 1590. The molecule has 5 amide bonds. The smallest absolute Gasteiger partial charge is 0.317 e. The Kier molecular flexibility index (Phi) is 22.7. The molecular formula is C38H58N8O15. The average Bonchev–Trinajstić information content (AvgIpc) is 3.17. The Hall–Kier alpha value is -5.91. The van der Waals surface area contributed by atoms with Crippen molar-refractivity contribution in [2.75, 3.05) is 85.1 Å². The Morgan fingerprint density at radius 3 is 1.72 bits per heavy atom. The van der Waals surface area contributed by atoms with E-state index in [1.165, 1.54) is 4.90 Å². The number of carboxylic acids is 4. The van der Waals surface area contributed by atoms with Gasteiger partial charge in [0.1, 0.15) is 11.8 Å². The lowest BCUT2D eigenvalue weighted by Gasteiger charge is -2.28. The van der Waals surface area contributed by atoms with E-state index < -0.39 is 104 Å². The number of carbonyl (C=O) groups excluding carboxylic acids is 5. The van der Waals surface area contributed by atoms with E-state index in [4.69, 9.17) is 4.74 Å². The monoisotopic (exact) mass is 866 g/mol. The van der Waals surface area contributed by atoms with Crippen LogP contribution in [0.3, 0.4) is 0 Å². The Morgan fingerprint density at radius 1 is 0.721 bits per heavy atom. The summed E-state index contributed by atoms with van der Waals surface area (Å²) in [5.74, 6) is -9.64. The summed E-state index contributed by atoms with van der Waals surface area (Å²) in [6, 6.07) is 5.73. The van der Waals surface area contributed by atoms with E-state index in [-0.39, 0.29) is 77.6 Å². The first-order valence-corrected chi connectivity index (χ1v) is 19.7. The maximum Gasteiger partial charge on any atom is 0.317 e. The van der Waals surface area contributed by atoms with Crippen LogP contribution in [-0.2, 0) is 49.6 Å². The average molecular weight is 867 g/mol. The van der Waals surface area contributed by atoms with Crippen LogP contribution in [0.25, 0.3) is 0 Å². The molecule has 10 N–H and O–H groups in total. The normalized spacial score (nSPS) is 16.9. The lowest BCUT2D eigenvalue weighted by molar-refractivity contribution is -0.143. The van der Waals surface area contributed by atoms with Gasteiger partial charge in [-0.15, -0.1) is 0 Å². The van der Waals surface area contributed by atoms with Gasteiger partial charge in [0, 0.05) is 51.6 Å². The lowest BCUT2D eigenvalue weighted by Crippen LogP contribution is -2.53. The minimum atomic E-state index is -1.29. The van der Waals surface area contributed by atoms with Crippen LogP contribution in [0.1, 0.15) is 38.7 Å². The summed E-state index contributed by atoms with van der Waals surface area (Å²) >= 11 is 0. The number of ether oxygens (including phenoxy) is 1. The summed E-state index contributed by atoms with van der Waals surface area (Å²) < 4.78 is 5.78. The van der Waals surface area contributed by atoms with E-state index >= 15 is 0 Å². The Morgan fingerprint density at radius 2 is 1.23 bits per heavy atom. The minimum absolute atomic E-state index is 0.0231. The van der Waals surface area contributed by atoms with Crippen LogP contribution in [0.2, 0.25) is 0 Å². The predicted octanol–water partition coefficient (Wildman–Crippen LogP) is -2.74. The second kappa shape index (κ2) is 27.0. The molecule has 0 unspecified atom stereocenters. The Labute approximate surface area is 352 Å². The molecule has 0 radical (unpaired) electrons. The number of hydroxylamine groups is 1. The van der Waals surface area contributed by atoms with Crippen LogP contribution >= 0.6 is 0 Å². The van der Waals surface area contributed by atoms with Gasteiger partial charge in [-0.1, -0.05) is 26.0 Å². The van der Waals surface area contributed by atoms with Crippen LogP contribution < -0.4 is 31.5 Å². The summed E-state index contributed by atoms with van der Waals surface area (Å²) in [4.78, 5) is 114. The molecule has 0 saturated heterocycles. The minimum Gasteiger partial charge on any atom is -0.494 e. The van der Waals surface area contributed by atoms with Gasteiger partial charge in [0.15, 0.2) is 0 Å². The van der Waals surface area contributed by atoms with Crippen molar-refractivity contribution < 1.29 is 73.5 Å². The molecule has 61 heavy (non-hydrogen) atoms. The van der Waals surface area contributed by atoms with Gasteiger partial charge in [0.25, 0.3) is 0 Å². The number of fused-ring (bicyclic) bond motifs is 11. The lowest BCUT2D eigenvalue weighted by atomic mass is 9.81. The van der Waals surface area contributed by atoms with E-state index in [2.05, 4.69) is 21.3 Å². The summed E-state index contributed by atoms with van der Waals surface area (Å²) in [6.45, 7) is 0.244. The zero-order valence-electron chi connectivity index (χ0n) is 34.3. The Balaban J connectivity index is 2.04. The second-order valence-corrected chi connectivity index (χ2v) is 14.9. The first kappa shape index (κ1) is 51.2. The third kappa shape index (κ3) is 21.3. The number of rotatable bonds is 25. The fourth-order valence-corrected chi connectivity index (χ4v) is 6.54. The van der Waals surface area contributed by atoms with E-state index in [0.717, 1.165) is 9.80 Å². The molecule has 2 bridgehead atoms. The maximum absolute atomic E-state index is 13.8. The van der Waals surface area contributed by atoms with E-state index in [0.29, 0.717) is 17.7 Å². The van der Waals surface area contributed by atoms with Crippen LogP contribution in [-0.4, -0.2) is 185 Å². The molecule has 0 aromatic heterocycles. The van der Waals surface area contributed by atoms with Gasteiger partial charge in [-0.05, 0) is 42.9 Å². The number of nitrogens with zero attached hydrogens (tertiary/aromatic N) is 3. The van der Waals surface area contributed by atoms with Crippen molar-refractivity contribution in [3.05, 3.63) is 29.8 Å². The molecule has 2 heterocycles. The highest BCUT2D eigenvalue weighted by Crippen LogP contribution is 2.27. The summed E-state index contributed by atoms with van der Waals surface area (Å²) in [5.41, 5.74) is 2.32. The molecule has 1 aromatic carbocycles. The van der Waals surface area contributed by atoms with Gasteiger partial charge in [0.2, 0.25) is 29.5 Å². The quantitative estimate of drug-likeness (QED) is 0.0271. The number of carboxylic acid groups (broad SMARTS) is 4. The van der Waals surface area contributed by atoms with Crippen molar-refractivity contribution in [3.8, 4) is 5.75 Å². The molecule has 0 fully saturated rings. The van der Waals surface area contributed by atoms with Crippen LogP contribution in [0.15, 0.2) is 24.3 Å². The van der Waals surface area contributed by atoms with Gasteiger partial charge < -0.3 is 46.4 Å². The number of carbonyl (C=O) groups is 9. The number of hydrogen-bond donors (Lipinski definition) is 10. The first-order chi connectivity index (χ1) is 28.9. The molecule has 23 nitrogen and oxygen atoms in total. The fraction of sp³-hybridized carbons (Fsp3) is 0.605. The molecule has 23 heteroatoms. The summed E-state index contributed by atoms with van der Waals surface area (Å²) in [6.07, 6.45) is 0.927. The van der Waals surface area contributed by atoms with Gasteiger partial charge in [-0.2, -0.15) is 0 Å². The predicted molar refractivity (Wildman–Crippen MR) is 212 cm³/mol. The zero-order valence-corrected chi connectivity index (χ0v) is 34.3. The molecule has 3 atom stereocenters. The van der Waals surface area contributed by atoms with Crippen molar-refractivity contribution in [3.63, 3.8) is 0 Å². The van der Waals surface area contributed by atoms with Crippen LogP contribution in [0.4, 0.5) is 0 Å². The van der Waals surface area contributed by atoms with Crippen molar-refractivity contribution >= 4 is 53.4 Å². The van der Waals surface area contributed by atoms with Crippen molar-refractivity contribution in [2.24, 2.45) is 17.8 Å². The van der Waals surface area contributed by atoms with E-state index in [1.807, 2.05) is 13.8 Å². The summed E-state index contributed by atoms with van der Waals surface area (Å²) in [7, 11) is 0. The van der Waals surface area contributed by atoms with E-state index in [9.17, 15) is 68.8 Å². The molecular weight excluding hydrogens is 808 g/mol. The maximum atomic E-state index is 13.8. The SMILES string of the molecule is CC(C)C[C@H]1C(=O)N[C@H](C(=O)NCC(=O)NCCNC(=O)CN(CCN(CC(=O)O)CC(=O)O)CCN(CC(=O)O)CC(=O)O)Cc2ccc(cc2)OCCC[C@@H]1C(=O)NO. The molecule has 3 rings (SSSR count). The zero-order chi connectivity index (χ0) is 45.5. The van der Waals surface area contributed by atoms with Crippen molar-refractivity contribution in [1.29, 1.82) is 0 Å². The highest BCUT2D eigenvalue weighted by Gasteiger charge is 2.36. The van der Waals surface area contributed by atoms with E-state index in [1.54, 1.807) is 29.7 Å². The van der Waals surface area contributed by atoms with Gasteiger partial charge >= 0.3 is 23.9 Å². The largest absolute Gasteiger partial charge is 0.494 e. The molecule has 0 spiro atoms. The molecule has 2 aliphatic heterocycles. The fourth-order valence-electron chi connectivity index (χ4n) is 6.54. The molecule has 340 valence electrons. The topological polar surface area (TPSA) is 334 Å². The highest BCUT2D eigenvalue weighted by molar-refractivity contribution is 5.93. The number of benzene rings is 1. The standard InChI is InChI=1S/C38H58N8O15/c1-24(2)16-28-27(37(58)43-60)4-3-15-61-26-7-5-25(6-8-26)17-29(42-36(28)57)38(59)41-18-30(47)39-9-10-40-31(48)19-44(11-13-45(20-32(49)50)21-33(51)52)12-14-46(22-34(53)54)23-35(55)56/h5-8,24,27-29,60H,3-4,9-23H2,1-2H3,(H,39,47)(H,40,48)(H,41,59)(H,42,57)(H,43,58)(H,49,50)(H,51,52)(H,53,54)(H,55,56)/t27-,28+,29-/m0/s1.